The Morgan fingerprint density at radius 1 is 1.27 bits per heavy atom. The van der Waals surface area contributed by atoms with Gasteiger partial charge in [0.05, 0.1) is 18.4 Å². The molecule has 0 saturated carbocycles. The Balaban J connectivity index is 1.42. The zero-order valence-electron chi connectivity index (χ0n) is 14.0. The molecule has 0 fully saturated rings. The maximum atomic E-state index is 12.4. The number of hydrogen-bond donors (Lipinski definition) is 1. The van der Waals surface area contributed by atoms with Gasteiger partial charge in [-0.1, -0.05) is 12.1 Å². The van der Waals surface area contributed by atoms with E-state index in [9.17, 15) is 8.42 Å². The lowest BCUT2D eigenvalue weighted by molar-refractivity contribution is 0.0759. The topological polar surface area (TPSA) is 82.5 Å². The summed E-state index contributed by atoms with van der Waals surface area (Å²) < 4.78 is 40.8. The van der Waals surface area contributed by atoms with Crippen molar-refractivity contribution < 1.29 is 17.9 Å². The molecule has 1 aliphatic rings. The summed E-state index contributed by atoms with van der Waals surface area (Å²) in [5, 5.41) is 4.21. The van der Waals surface area contributed by atoms with E-state index in [1.165, 1.54) is 17.5 Å². The second kappa shape index (κ2) is 6.65. The molecule has 0 aliphatic carbocycles. The molecular weight excluding hydrogens is 374 g/mol. The third-order valence-corrected chi connectivity index (χ3v) is 6.70. The lowest BCUT2D eigenvalue weighted by Gasteiger charge is -2.26. The summed E-state index contributed by atoms with van der Waals surface area (Å²) in [7, 11) is -3.59. The predicted molar refractivity (Wildman–Crippen MR) is 98.4 cm³/mol. The van der Waals surface area contributed by atoms with E-state index in [1.807, 2.05) is 31.2 Å². The summed E-state index contributed by atoms with van der Waals surface area (Å²) in [5.74, 6) is 1.42. The lowest BCUT2D eigenvalue weighted by atomic mass is 10.2. The second-order valence-corrected chi connectivity index (χ2v) is 9.12. The molecule has 1 aliphatic heterocycles. The molecule has 1 N–H and O–H groups in total. The van der Waals surface area contributed by atoms with Gasteiger partial charge in [0, 0.05) is 11.1 Å². The lowest BCUT2D eigenvalue weighted by Crippen LogP contribution is -2.33. The van der Waals surface area contributed by atoms with Gasteiger partial charge < -0.3 is 9.47 Å². The van der Waals surface area contributed by atoms with Crippen LogP contribution in [0.2, 0.25) is 0 Å². The molecular formula is C17H17N3O4S2. The Bertz CT molecular complexity index is 1030. The van der Waals surface area contributed by atoms with Crippen molar-refractivity contribution >= 4 is 27.0 Å². The number of rotatable bonds is 5. The van der Waals surface area contributed by atoms with Crippen molar-refractivity contribution in [1.82, 2.24) is 9.78 Å². The van der Waals surface area contributed by atoms with Crippen LogP contribution in [0.25, 0.3) is 0 Å². The molecule has 0 radical (unpaired) electrons. The van der Waals surface area contributed by atoms with Crippen LogP contribution in [0.15, 0.2) is 53.0 Å². The van der Waals surface area contributed by atoms with Crippen molar-refractivity contribution in [2.24, 2.45) is 0 Å². The van der Waals surface area contributed by atoms with E-state index in [0.29, 0.717) is 24.6 Å². The molecule has 1 atom stereocenters. The van der Waals surface area contributed by atoms with Crippen LogP contribution < -0.4 is 14.2 Å². The second-order valence-electron chi connectivity index (χ2n) is 5.92. The van der Waals surface area contributed by atoms with Crippen LogP contribution in [0, 0.1) is 6.92 Å². The molecule has 3 aromatic rings. The first-order valence-electron chi connectivity index (χ1n) is 8.00. The number of aromatic nitrogens is 2. The summed E-state index contributed by atoms with van der Waals surface area (Å²) in [6.07, 6.45) is 2.92. The van der Waals surface area contributed by atoms with Crippen LogP contribution >= 0.6 is 11.3 Å². The van der Waals surface area contributed by atoms with Crippen molar-refractivity contribution in [3.63, 3.8) is 0 Å². The maximum absolute atomic E-state index is 12.4. The third-order valence-electron chi connectivity index (χ3n) is 3.82. The summed E-state index contributed by atoms with van der Waals surface area (Å²) in [4.78, 5) is 0.941. The van der Waals surface area contributed by atoms with Gasteiger partial charge in [0.1, 0.15) is 10.8 Å². The number of aryl methyl sites for hydroxylation is 1. The number of anilines is 1. The molecule has 7 nitrogen and oxygen atoms in total. The zero-order chi connectivity index (χ0) is 18.1. The summed E-state index contributed by atoms with van der Waals surface area (Å²) in [5.41, 5.74) is 0.410. The van der Waals surface area contributed by atoms with E-state index < -0.39 is 10.0 Å². The van der Waals surface area contributed by atoms with Gasteiger partial charge in [0.25, 0.3) is 10.0 Å². The number of sulfonamides is 1. The Hall–Kier alpha value is -2.52. The van der Waals surface area contributed by atoms with Gasteiger partial charge in [0.2, 0.25) is 0 Å². The fourth-order valence-electron chi connectivity index (χ4n) is 2.64. The Morgan fingerprint density at radius 2 is 2.08 bits per heavy atom. The smallest absolute Gasteiger partial charge is 0.271 e. The van der Waals surface area contributed by atoms with Gasteiger partial charge in [-0.2, -0.15) is 5.10 Å². The quantitative estimate of drug-likeness (QED) is 0.723. The van der Waals surface area contributed by atoms with E-state index in [-0.39, 0.29) is 10.3 Å². The fourth-order valence-corrected chi connectivity index (χ4v) is 4.95. The van der Waals surface area contributed by atoms with Gasteiger partial charge >= 0.3 is 0 Å². The SMILES string of the molecule is Cc1ccc(S(=O)(=O)Nc2cnn(CC3COc4ccccc4O3)c2)s1. The Kier molecular flexibility index (Phi) is 4.33. The molecule has 0 saturated heterocycles. The standard InChI is InChI=1S/C17H17N3O4S2/c1-12-6-7-17(25-12)26(21,22)19-13-8-18-20(9-13)10-14-11-23-15-4-2-3-5-16(15)24-14/h2-9,14,19H,10-11H2,1H3. The molecule has 1 unspecified atom stereocenters. The minimum atomic E-state index is -3.59. The van der Waals surface area contributed by atoms with Crippen LogP contribution in [0.4, 0.5) is 5.69 Å². The first kappa shape index (κ1) is 16.9. The fraction of sp³-hybridized carbons (Fsp3) is 0.235. The average Bonchev–Trinajstić information content (AvgIpc) is 3.24. The van der Waals surface area contributed by atoms with E-state index in [0.717, 1.165) is 10.6 Å². The zero-order valence-corrected chi connectivity index (χ0v) is 15.6. The molecule has 136 valence electrons. The minimum absolute atomic E-state index is 0.200. The molecule has 0 amide bonds. The van der Waals surface area contributed by atoms with Crippen LogP contribution in [0.3, 0.4) is 0 Å². The van der Waals surface area contributed by atoms with Crippen molar-refractivity contribution in [3.8, 4) is 11.5 Å². The van der Waals surface area contributed by atoms with E-state index in [1.54, 1.807) is 23.0 Å². The van der Waals surface area contributed by atoms with Gasteiger partial charge in [-0.25, -0.2) is 8.42 Å². The molecule has 26 heavy (non-hydrogen) atoms. The third kappa shape index (κ3) is 3.54. The molecule has 4 rings (SSSR count). The van der Waals surface area contributed by atoms with Crippen molar-refractivity contribution in [3.05, 3.63) is 53.7 Å². The molecule has 0 bridgehead atoms. The Labute approximate surface area is 155 Å². The number of thiophene rings is 1. The molecule has 9 heteroatoms. The van der Waals surface area contributed by atoms with Gasteiger partial charge in [-0.3, -0.25) is 9.40 Å². The maximum Gasteiger partial charge on any atom is 0.271 e. The highest BCUT2D eigenvalue weighted by Gasteiger charge is 2.22. The molecule has 2 aromatic heterocycles. The monoisotopic (exact) mass is 391 g/mol. The summed E-state index contributed by atoms with van der Waals surface area (Å²) in [6.45, 7) is 2.73. The van der Waals surface area contributed by atoms with Crippen LogP contribution in [-0.2, 0) is 16.6 Å². The van der Waals surface area contributed by atoms with Crippen molar-refractivity contribution in [2.75, 3.05) is 11.3 Å². The van der Waals surface area contributed by atoms with Gasteiger partial charge in [-0.15, -0.1) is 11.3 Å². The minimum Gasteiger partial charge on any atom is -0.486 e. The normalized spacial score (nSPS) is 16.4. The van der Waals surface area contributed by atoms with Gasteiger partial charge in [0.15, 0.2) is 17.6 Å². The number of ether oxygens (including phenoxy) is 2. The van der Waals surface area contributed by atoms with E-state index in [4.69, 9.17) is 9.47 Å². The van der Waals surface area contributed by atoms with E-state index >= 15 is 0 Å². The van der Waals surface area contributed by atoms with Crippen molar-refractivity contribution in [1.29, 1.82) is 0 Å². The highest BCUT2D eigenvalue weighted by atomic mass is 32.2. The Morgan fingerprint density at radius 3 is 2.85 bits per heavy atom. The number of nitrogens with zero attached hydrogens (tertiary/aromatic N) is 2. The van der Waals surface area contributed by atoms with Gasteiger partial charge in [-0.05, 0) is 31.2 Å². The first-order valence-corrected chi connectivity index (χ1v) is 10.3. The number of hydrogen-bond acceptors (Lipinski definition) is 6. The average molecular weight is 391 g/mol. The van der Waals surface area contributed by atoms with Crippen LogP contribution in [0.1, 0.15) is 4.88 Å². The largest absolute Gasteiger partial charge is 0.486 e. The number of nitrogens with one attached hydrogen (secondary N) is 1. The van der Waals surface area contributed by atoms with Crippen molar-refractivity contribution in [2.45, 2.75) is 23.8 Å². The molecule has 3 heterocycles. The number of fused-ring (bicyclic) bond motifs is 1. The first-order chi connectivity index (χ1) is 12.5. The highest BCUT2D eigenvalue weighted by Crippen LogP contribution is 2.31. The highest BCUT2D eigenvalue weighted by molar-refractivity contribution is 7.94. The van der Waals surface area contributed by atoms with E-state index in [2.05, 4.69) is 9.82 Å². The number of para-hydroxylation sites is 2. The van der Waals surface area contributed by atoms with Crippen LogP contribution in [0.5, 0.6) is 11.5 Å². The van der Waals surface area contributed by atoms with Crippen LogP contribution in [-0.4, -0.2) is 30.9 Å². The summed E-state index contributed by atoms with van der Waals surface area (Å²) >= 11 is 1.23. The molecule has 1 aromatic carbocycles. The summed E-state index contributed by atoms with van der Waals surface area (Å²) in [6, 6.07) is 10.9. The number of benzene rings is 1. The molecule has 0 spiro atoms. The predicted octanol–water partition coefficient (Wildman–Crippen LogP) is 2.89.